The first-order valence-corrected chi connectivity index (χ1v) is 8.76. The van der Waals surface area contributed by atoms with E-state index in [-0.39, 0.29) is 25.4 Å². The Labute approximate surface area is 154 Å². The fourth-order valence-electron chi connectivity index (χ4n) is 3.54. The number of halogens is 3. The average Bonchev–Trinajstić information content (AvgIpc) is 3.19. The number of β-amino-alcohol motifs (C(OH)–C–C–N with tert-alkyl or cyclic N) is 1. The minimum absolute atomic E-state index is 0.0721. The number of para-hydroxylation sites is 2. The molecule has 2 amide bonds. The molecule has 0 radical (unpaired) electrons. The van der Waals surface area contributed by atoms with Crippen LogP contribution in [0.1, 0.15) is 19.8 Å². The third-order valence-corrected chi connectivity index (χ3v) is 5.02. The number of hydrogen-bond acceptors (Lipinski definition) is 4. The maximum atomic E-state index is 13.0. The van der Waals surface area contributed by atoms with Gasteiger partial charge in [0.2, 0.25) is 11.8 Å². The van der Waals surface area contributed by atoms with E-state index in [1.165, 1.54) is 4.90 Å². The topological polar surface area (TPSA) is 70.1 Å². The Hall–Kier alpha value is -2.29. The molecule has 2 aliphatic heterocycles. The Kier molecular flexibility index (Phi) is 5.07. The quantitative estimate of drug-likeness (QED) is 0.859. The van der Waals surface area contributed by atoms with Crippen LogP contribution in [-0.2, 0) is 9.59 Å². The second kappa shape index (κ2) is 7.03. The fraction of sp³-hybridized carbons (Fsp3) is 0.556. The summed E-state index contributed by atoms with van der Waals surface area (Å²) in [7, 11) is 0. The summed E-state index contributed by atoms with van der Waals surface area (Å²) in [6.07, 6.45) is -5.43. The SMILES string of the molecule is CCOc1ccccc1N1CC(C(=O)N2CCC(O)(C(F)(F)F)C2)CC1=O. The molecule has 3 rings (SSSR count). The van der Waals surface area contributed by atoms with Gasteiger partial charge in [0, 0.05) is 25.9 Å². The van der Waals surface area contributed by atoms with Crippen LogP contribution in [0.3, 0.4) is 0 Å². The standard InChI is InChI=1S/C18H21F3N2O4/c1-2-27-14-6-4-3-5-13(14)23-10-12(9-15(23)24)16(25)22-8-7-17(26,11-22)18(19,20)21/h3-6,12,26H,2,7-11H2,1H3. The molecule has 1 N–H and O–H groups in total. The minimum Gasteiger partial charge on any atom is -0.492 e. The van der Waals surface area contributed by atoms with Crippen LogP contribution in [-0.4, -0.2) is 59.8 Å². The number of amides is 2. The van der Waals surface area contributed by atoms with Crippen molar-refractivity contribution in [2.24, 2.45) is 5.92 Å². The van der Waals surface area contributed by atoms with Gasteiger partial charge in [-0.05, 0) is 19.1 Å². The molecule has 0 bridgehead atoms. The minimum atomic E-state index is -4.80. The van der Waals surface area contributed by atoms with Gasteiger partial charge in [-0.3, -0.25) is 9.59 Å². The number of aliphatic hydroxyl groups is 1. The van der Waals surface area contributed by atoms with Crippen molar-refractivity contribution < 1.29 is 32.6 Å². The molecule has 0 spiro atoms. The molecule has 2 saturated heterocycles. The molecule has 9 heteroatoms. The summed E-state index contributed by atoms with van der Waals surface area (Å²) in [5, 5.41) is 9.75. The van der Waals surface area contributed by atoms with Crippen molar-refractivity contribution in [3.8, 4) is 5.75 Å². The first kappa shape index (κ1) is 19.5. The van der Waals surface area contributed by atoms with E-state index in [4.69, 9.17) is 4.74 Å². The van der Waals surface area contributed by atoms with Crippen molar-refractivity contribution in [1.82, 2.24) is 4.90 Å². The molecule has 6 nitrogen and oxygen atoms in total. The van der Waals surface area contributed by atoms with Crippen LogP contribution in [0.2, 0.25) is 0 Å². The Morgan fingerprint density at radius 3 is 2.70 bits per heavy atom. The van der Waals surface area contributed by atoms with Gasteiger partial charge in [-0.15, -0.1) is 0 Å². The molecule has 0 aromatic heterocycles. The van der Waals surface area contributed by atoms with Crippen molar-refractivity contribution >= 4 is 17.5 Å². The third kappa shape index (κ3) is 3.60. The molecule has 27 heavy (non-hydrogen) atoms. The van der Waals surface area contributed by atoms with E-state index in [1.54, 1.807) is 24.3 Å². The van der Waals surface area contributed by atoms with E-state index in [2.05, 4.69) is 0 Å². The lowest BCUT2D eigenvalue weighted by Gasteiger charge is -2.27. The normalized spacial score (nSPS) is 26.0. The van der Waals surface area contributed by atoms with E-state index in [0.717, 1.165) is 4.90 Å². The highest BCUT2D eigenvalue weighted by atomic mass is 19.4. The van der Waals surface area contributed by atoms with Crippen LogP contribution in [0, 0.1) is 5.92 Å². The molecule has 1 aromatic rings. The summed E-state index contributed by atoms with van der Waals surface area (Å²) < 4.78 is 44.4. The number of alkyl halides is 3. The van der Waals surface area contributed by atoms with Gasteiger partial charge >= 0.3 is 6.18 Å². The summed E-state index contributed by atoms with van der Waals surface area (Å²) >= 11 is 0. The summed E-state index contributed by atoms with van der Waals surface area (Å²) in [5.41, 5.74) is -2.35. The Bertz CT molecular complexity index is 740. The first-order valence-electron chi connectivity index (χ1n) is 8.76. The molecule has 2 fully saturated rings. The smallest absolute Gasteiger partial charge is 0.419 e. The molecule has 2 aliphatic rings. The highest BCUT2D eigenvalue weighted by Gasteiger charge is 2.58. The van der Waals surface area contributed by atoms with E-state index >= 15 is 0 Å². The maximum absolute atomic E-state index is 13.0. The van der Waals surface area contributed by atoms with Crippen molar-refractivity contribution in [2.45, 2.75) is 31.5 Å². The zero-order chi connectivity index (χ0) is 19.8. The number of likely N-dealkylation sites (tertiary alicyclic amines) is 1. The predicted molar refractivity (Wildman–Crippen MR) is 90.3 cm³/mol. The van der Waals surface area contributed by atoms with Gasteiger partial charge < -0.3 is 19.6 Å². The third-order valence-electron chi connectivity index (χ3n) is 5.02. The number of hydrogen-bond donors (Lipinski definition) is 1. The van der Waals surface area contributed by atoms with Crippen molar-refractivity contribution in [2.75, 3.05) is 31.1 Å². The molecule has 2 unspecified atom stereocenters. The monoisotopic (exact) mass is 386 g/mol. The summed E-state index contributed by atoms with van der Waals surface area (Å²) in [5.74, 6) is -1.07. The van der Waals surface area contributed by atoms with E-state index in [1.807, 2.05) is 6.92 Å². The second-order valence-electron chi connectivity index (χ2n) is 6.85. The largest absolute Gasteiger partial charge is 0.492 e. The number of carbonyl (C=O) groups excluding carboxylic acids is 2. The molecule has 1 aromatic carbocycles. The van der Waals surface area contributed by atoms with E-state index in [0.29, 0.717) is 18.0 Å². The average molecular weight is 386 g/mol. The van der Waals surface area contributed by atoms with Crippen molar-refractivity contribution in [3.63, 3.8) is 0 Å². The van der Waals surface area contributed by atoms with Gasteiger partial charge in [-0.25, -0.2) is 0 Å². The molecule has 148 valence electrons. The van der Waals surface area contributed by atoms with E-state index in [9.17, 15) is 27.9 Å². The number of nitrogens with zero attached hydrogens (tertiary/aromatic N) is 2. The lowest BCUT2D eigenvalue weighted by Crippen LogP contribution is -2.48. The highest BCUT2D eigenvalue weighted by Crippen LogP contribution is 2.39. The highest BCUT2D eigenvalue weighted by molar-refractivity contribution is 6.01. The molecule has 0 saturated carbocycles. The number of anilines is 1. The Balaban J connectivity index is 1.72. The van der Waals surface area contributed by atoms with Crippen molar-refractivity contribution in [3.05, 3.63) is 24.3 Å². The van der Waals surface area contributed by atoms with Crippen LogP contribution < -0.4 is 9.64 Å². The summed E-state index contributed by atoms with van der Waals surface area (Å²) in [6, 6.07) is 6.92. The lowest BCUT2D eigenvalue weighted by molar-refractivity contribution is -0.253. The predicted octanol–water partition coefficient (Wildman–Crippen LogP) is 1.96. The summed E-state index contributed by atoms with van der Waals surface area (Å²) in [6.45, 7) is 1.31. The van der Waals surface area contributed by atoms with Crippen LogP contribution in [0.5, 0.6) is 5.75 Å². The number of benzene rings is 1. The second-order valence-corrected chi connectivity index (χ2v) is 6.85. The number of ether oxygens (including phenoxy) is 1. The molecular formula is C18H21F3N2O4. The fourth-order valence-corrected chi connectivity index (χ4v) is 3.54. The number of carbonyl (C=O) groups is 2. The van der Waals surface area contributed by atoms with Crippen LogP contribution >= 0.6 is 0 Å². The van der Waals surface area contributed by atoms with Gasteiger partial charge in [0.15, 0.2) is 5.60 Å². The van der Waals surface area contributed by atoms with Crippen LogP contribution in [0.15, 0.2) is 24.3 Å². The molecule has 2 atom stereocenters. The molecule has 2 heterocycles. The van der Waals surface area contributed by atoms with Gasteiger partial charge in [0.05, 0.1) is 24.8 Å². The maximum Gasteiger partial charge on any atom is 0.419 e. The first-order chi connectivity index (χ1) is 12.7. The Morgan fingerprint density at radius 1 is 1.37 bits per heavy atom. The van der Waals surface area contributed by atoms with Gasteiger partial charge in [-0.1, -0.05) is 12.1 Å². The van der Waals surface area contributed by atoms with Crippen molar-refractivity contribution in [1.29, 1.82) is 0 Å². The molecular weight excluding hydrogens is 365 g/mol. The zero-order valence-corrected chi connectivity index (χ0v) is 14.8. The lowest BCUT2D eigenvalue weighted by atomic mass is 10.0. The Morgan fingerprint density at radius 2 is 2.07 bits per heavy atom. The molecule has 0 aliphatic carbocycles. The number of rotatable bonds is 4. The van der Waals surface area contributed by atoms with Crippen LogP contribution in [0.25, 0.3) is 0 Å². The summed E-state index contributed by atoms with van der Waals surface area (Å²) in [4.78, 5) is 27.5. The van der Waals surface area contributed by atoms with E-state index < -0.39 is 36.6 Å². The van der Waals surface area contributed by atoms with Crippen LogP contribution in [0.4, 0.5) is 18.9 Å². The zero-order valence-electron chi connectivity index (χ0n) is 14.8. The van der Waals surface area contributed by atoms with Gasteiger partial charge in [0.1, 0.15) is 5.75 Å². The van der Waals surface area contributed by atoms with Gasteiger partial charge in [-0.2, -0.15) is 13.2 Å². The van der Waals surface area contributed by atoms with Gasteiger partial charge in [0.25, 0.3) is 0 Å².